The monoisotopic (exact) mass is 517 g/mol. The van der Waals surface area contributed by atoms with Crippen LogP contribution in [0.5, 0.6) is 5.75 Å². The van der Waals surface area contributed by atoms with E-state index >= 15 is 0 Å². The molecule has 7 nitrogen and oxygen atoms in total. The molecule has 0 bridgehead atoms. The van der Waals surface area contributed by atoms with Gasteiger partial charge in [0.05, 0.1) is 25.0 Å². The highest BCUT2D eigenvalue weighted by molar-refractivity contribution is 6.15. The number of ether oxygens (including phenoxy) is 2. The van der Waals surface area contributed by atoms with Crippen LogP contribution in [0, 0.1) is 0 Å². The predicted molar refractivity (Wildman–Crippen MR) is 153 cm³/mol. The quantitative estimate of drug-likeness (QED) is 0.547. The van der Waals surface area contributed by atoms with Crippen molar-refractivity contribution in [3.63, 3.8) is 0 Å². The Morgan fingerprint density at radius 3 is 2.68 bits per heavy atom. The largest absolute Gasteiger partial charge is 0.489 e. The van der Waals surface area contributed by atoms with Gasteiger partial charge in [-0.2, -0.15) is 5.10 Å². The molecule has 0 spiro atoms. The van der Waals surface area contributed by atoms with Crippen molar-refractivity contribution in [1.82, 2.24) is 20.5 Å². The molecule has 38 heavy (non-hydrogen) atoms. The van der Waals surface area contributed by atoms with E-state index in [0.29, 0.717) is 0 Å². The number of likely N-dealkylation sites (N-methyl/N-ethyl adjacent to an activating group) is 1. The van der Waals surface area contributed by atoms with Crippen molar-refractivity contribution in [2.24, 2.45) is 5.10 Å². The van der Waals surface area contributed by atoms with Crippen molar-refractivity contribution < 1.29 is 9.47 Å². The fourth-order valence-electron chi connectivity index (χ4n) is 6.80. The van der Waals surface area contributed by atoms with Crippen molar-refractivity contribution in [2.75, 3.05) is 53.0 Å². The van der Waals surface area contributed by atoms with Gasteiger partial charge in [0.15, 0.2) is 0 Å². The summed E-state index contributed by atoms with van der Waals surface area (Å²) >= 11 is 0. The Morgan fingerprint density at radius 2 is 1.95 bits per heavy atom. The lowest BCUT2D eigenvalue weighted by molar-refractivity contribution is -0.0358. The van der Waals surface area contributed by atoms with Crippen LogP contribution in [0.2, 0.25) is 0 Å². The summed E-state index contributed by atoms with van der Waals surface area (Å²) in [5, 5.41) is 8.50. The van der Waals surface area contributed by atoms with Crippen LogP contribution >= 0.6 is 0 Å². The number of hydrogen-bond acceptors (Lipinski definition) is 7. The smallest absolute Gasteiger partial charge is 0.119 e. The molecule has 6 rings (SSSR count). The zero-order valence-corrected chi connectivity index (χ0v) is 22.9. The molecule has 2 atom stereocenters. The molecule has 3 aliphatic heterocycles. The van der Waals surface area contributed by atoms with Crippen molar-refractivity contribution in [2.45, 2.75) is 62.6 Å². The van der Waals surface area contributed by atoms with Crippen LogP contribution in [0.4, 0.5) is 0 Å². The van der Waals surface area contributed by atoms with E-state index in [4.69, 9.17) is 14.6 Å². The molecule has 2 N–H and O–H groups in total. The zero-order chi connectivity index (χ0) is 26.0. The lowest BCUT2D eigenvalue weighted by Crippen LogP contribution is -2.59. The summed E-state index contributed by atoms with van der Waals surface area (Å²) in [4.78, 5) is 5.00. The second-order valence-corrected chi connectivity index (χ2v) is 11.7. The predicted octanol–water partition coefficient (Wildman–Crippen LogP) is 3.84. The minimum atomic E-state index is 0.217. The summed E-state index contributed by atoms with van der Waals surface area (Å²) in [7, 11) is 2.15. The summed E-state index contributed by atoms with van der Waals surface area (Å²) < 4.78 is 11.9. The van der Waals surface area contributed by atoms with E-state index in [1.165, 1.54) is 43.3 Å². The van der Waals surface area contributed by atoms with E-state index in [9.17, 15) is 0 Å². The van der Waals surface area contributed by atoms with Gasteiger partial charge in [-0.15, -0.1) is 0 Å². The number of nitrogens with one attached hydrogen (secondary N) is 2. The SMILES string of the molecule is C=C(NCC1(N2CCOCC2)CCCCC1)C1=CCC2NN=C(c3ccc(OC4CCN(C)C4)cc3)C2=C1. The van der Waals surface area contributed by atoms with Crippen molar-refractivity contribution in [3.8, 4) is 5.75 Å². The molecular formula is C31H43N5O2. The summed E-state index contributed by atoms with van der Waals surface area (Å²) in [6, 6.07) is 8.67. The molecule has 7 heteroatoms. The molecule has 0 amide bonds. The fraction of sp³-hybridized carbons (Fsp3) is 0.581. The van der Waals surface area contributed by atoms with Gasteiger partial charge in [-0.05, 0) is 68.6 Å². The third-order valence-electron chi connectivity index (χ3n) is 9.09. The van der Waals surface area contributed by atoms with Gasteiger partial charge in [-0.1, -0.05) is 31.9 Å². The average Bonchev–Trinajstić information content (AvgIpc) is 3.58. The average molecular weight is 518 g/mol. The zero-order valence-electron chi connectivity index (χ0n) is 22.9. The summed E-state index contributed by atoms with van der Waals surface area (Å²) in [6.45, 7) is 11.3. The standard InChI is InChI=1S/C31H43N5O2/c1-23(32-22-31(13-4-3-5-14-31)36-16-18-37-19-17-36)25-8-11-29-28(20-25)30(34-33-29)24-6-9-26(10-7-24)38-27-12-15-35(2)21-27/h6-10,20,27,29,32-33H,1,3-5,11-19,21-22H2,2H3. The number of hydrazone groups is 1. The number of allylic oxidation sites excluding steroid dienone is 1. The molecule has 0 radical (unpaired) electrons. The molecular weight excluding hydrogens is 474 g/mol. The minimum absolute atomic E-state index is 0.217. The van der Waals surface area contributed by atoms with E-state index in [1.54, 1.807) is 0 Å². The van der Waals surface area contributed by atoms with Crippen LogP contribution in [0.3, 0.4) is 0 Å². The Bertz CT molecular complexity index is 1100. The van der Waals surface area contributed by atoms with Crippen LogP contribution in [0.15, 0.2) is 64.9 Å². The summed E-state index contributed by atoms with van der Waals surface area (Å²) in [6.07, 6.45) is 13.4. The van der Waals surface area contributed by atoms with Gasteiger partial charge in [0.25, 0.3) is 0 Å². The molecule has 3 fully saturated rings. The molecule has 2 aliphatic carbocycles. The molecule has 0 aromatic heterocycles. The van der Waals surface area contributed by atoms with Gasteiger partial charge < -0.3 is 25.1 Å². The molecule has 5 aliphatic rings. The van der Waals surface area contributed by atoms with Crippen LogP contribution in [0.25, 0.3) is 0 Å². The molecule has 1 aromatic rings. The number of benzene rings is 1. The van der Waals surface area contributed by atoms with Crippen LogP contribution in [0.1, 0.15) is 50.5 Å². The first-order valence-electron chi connectivity index (χ1n) is 14.6. The molecule has 2 saturated heterocycles. The third kappa shape index (κ3) is 5.42. The highest BCUT2D eigenvalue weighted by atomic mass is 16.5. The second-order valence-electron chi connectivity index (χ2n) is 11.7. The van der Waals surface area contributed by atoms with E-state index in [0.717, 1.165) is 81.5 Å². The number of hydrogen-bond donors (Lipinski definition) is 2. The number of fused-ring (bicyclic) bond motifs is 1. The topological polar surface area (TPSA) is 61.4 Å². The highest BCUT2D eigenvalue weighted by Crippen LogP contribution is 2.35. The number of rotatable bonds is 8. The van der Waals surface area contributed by atoms with Crippen molar-refractivity contribution in [1.29, 1.82) is 0 Å². The summed E-state index contributed by atoms with van der Waals surface area (Å²) in [5.74, 6) is 0.935. The van der Waals surface area contributed by atoms with Crippen LogP contribution < -0.4 is 15.5 Å². The van der Waals surface area contributed by atoms with E-state index in [-0.39, 0.29) is 17.7 Å². The van der Waals surface area contributed by atoms with Gasteiger partial charge >= 0.3 is 0 Å². The number of morpholine rings is 1. The Labute approximate surface area is 227 Å². The Hall–Kier alpha value is -2.61. The Morgan fingerprint density at radius 1 is 1.16 bits per heavy atom. The van der Waals surface area contributed by atoms with Gasteiger partial charge in [-0.25, -0.2) is 0 Å². The molecule has 1 saturated carbocycles. The first-order chi connectivity index (χ1) is 18.6. The fourth-order valence-corrected chi connectivity index (χ4v) is 6.80. The number of nitrogens with zero attached hydrogens (tertiary/aromatic N) is 3. The molecule has 2 unspecified atom stereocenters. The maximum Gasteiger partial charge on any atom is 0.119 e. The molecule has 1 aromatic carbocycles. The van der Waals surface area contributed by atoms with Crippen LogP contribution in [-0.4, -0.2) is 86.2 Å². The molecule has 3 heterocycles. The lowest BCUT2D eigenvalue weighted by Gasteiger charge is -2.48. The van der Waals surface area contributed by atoms with Crippen molar-refractivity contribution in [3.05, 3.63) is 65.4 Å². The van der Waals surface area contributed by atoms with Gasteiger partial charge in [0, 0.05) is 55.1 Å². The van der Waals surface area contributed by atoms with Gasteiger partial charge in [0.1, 0.15) is 11.9 Å². The van der Waals surface area contributed by atoms with Gasteiger partial charge in [0.2, 0.25) is 0 Å². The Kier molecular flexibility index (Phi) is 7.59. The lowest BCUT2D eigenvalue weighted by atomic mass is 9.79. The van der Waals surface area contributed by atoms with Crippen LogP contribution in [-0.2, 0) is 4.74 Å². The second kappa shape index (κ2) is 11.2. The summed E-state index contributed by atoms with van der Waals surface area (Å²) in [5.41, 5.74) is 9.16. The highest BCUT2D eigenvalue weighted by Gasteiger charge is 2.38. The minimum Gasteiger partial charge on any atom is -0.489 e. The van der Waals surface area contributed by atoms with E-state index < -0.39 is 0 Å². The number of likely N-dealkylation sites (tertiary alicyclic amines) is 1. The van der Waals surface area contributed by atoms with E-state index in [1.807, 2.05) is 0 Å². The van der Waals surface area contributed by atoms with Crippen molar-refractivity contribution >= 4 is 5.71 Å². The maximum absolute atomic E-state index is 6.20. The van der Waals surface area contributed by atoms with Gasteiger partial charge in [-0.3, -0.25) is 4.90 Å². The maximum atomic E-state index is 6.20. The Balaban J connectivity index is 1.11. The van der Waals surface area contributed by atoms with E-state index in [2.05, 4.69) is 70.6 Å². The first kappa shape index (κ1) is 25.7. The third-order valence-corrected chi connectivity index (χ3v) is 9.09. The first-order valence-corrected chi connectivity index (χ1v) is 14.6. The molecule has 204 valence electrons. The normalized spacial score (nSPS) is 27.6.